The molecular formula is C13H14N2O3S. The minimum absolute atomic E-state index is 0.441. The number of likely N-dealkylation sites (N-methyl/N-ethyl adjacent to an activating group) is 1. The molecule has 1 aromatic rings. The zero-order chi connectivity index (χ0) is 13.6. The second-order valence-corrected chi connectivity index (χ2v) is 6.43. The van der Waals surface area contributed by atoms with E-state index in [4.69, 9.17) is 0 Å². The Hall–Kier alpha value is -1.69. The predicted octanol–water partition coefficient (Wildman–Crippen LogP) is 0.414. The van der Waals surface area contributed by atoms with Gasteiger partial charge in [-0.25, -0.2) is 0 Å². The molecule has 0 atom stereocenters. The average Bonchev–Trinajstić information content (AvgIpc) is 2.64. The van der Waals surface area contributed by atoms with Crippen LogP contribution in [0.5, 0.6) is 0 Å². The number of hydrogen-bond acceptors (Lipinski definition) is 4. The fraction of sp³-hybridized carbons (Fsp3) is 0.385. The highest BCUT2D eigenvalue weighted by Gasteiger charge is 2.33. The van der Waals surface area contributed by atoms with E-state index in [-0.39, 0.29) is 0 Å². The summed E-state index contributed by atoms with van der Waals surface area (Å²) in [5.41, 5.74) is 2.11. The lowest BCUT2D eigenvalue weighted by atomic mass is 10.1. The van der Waals surface area contributed by atoms with E-state index in [1.807, 2.05) is 12.1 Å². The molecule has 0 N–H and O–H groups in total. The van der Waals surface area contributed by atoms with Gasteiger partial charge in [0.1, 0.15) is 0 Å². The van der Waals surface area contributed by atoms with Crippen LogP contribution in [0.15, 0.2) is 18.2 Å². The summed E-state index contributed by atoms with van der Waals surface area (Å²) in [6.45, 7) is 1.49. The van der Waals surface area contributed by atoms with Crippen LogP contribution in [0.3, 0.4) is 0 Å². The Morgan fingerprint density at radius 1 is 1.16 bits per heavy atom. The lowest BCUT2D eigenvalue weighted by Gasteiger charge is -2.29. The van der Waals surface area contributed by atoms with Crippen LogP contribution in [-0.2, 0) is 15.6 Å². The normalized spacial score (nSPS) is 20.1. The van der Waals surface area contributed by atoms with Gasteiger partial charge in [0.15, 0.2) is 0 Å². The Morgan fingerprint density at radius 2 is 1.84 bits per heavy atom. The number of amides is 1. The highest BCUT2D eigenvalue weighted by Crippen LogP contribution is 2.32. The average molecular weight is 278 g/mol. The van der Waals surface area contributed by atoms with Crippen molar-refractivity contribution in [1.29, 1.82) is 0 Å². The molecule has 1 fully saturated rings. The fourth-order valence-electron chi connectivity index (χ4n) is 2.46. The smallest absolute Gasteiger partial charge is 0.299 e. The molecule has 3 rings (SSSR count). The van der Waals surface area contributed by atoms with Gasteiger partial charge < -0.3 is 9.80 Å². The van der Waals surface area contributed by atoms with Crippen molar-refractivity contribution in [2.75, 3.05) is 41.4 Å². The second-order valence-electron chi connectivity index (χ2n) is 4.73. The van der Waals surface area contributed by atoms with Crippen LogP contribution in [0, 0.1) is 0 Å². The number of anilines is 2. The molecule has 0 unspecified atom stereocenters. The topological polar surface area (TPSA) is 57.7 Å². The van der Waals surface area contributed by atoms with E-state index in [1.54, 1.807) is 13.1 Å². The molecule has 2 aliphatic rings. The first-order valence-corrected chi connectivity index (χ1v) is 7.63. The van der Waals surface area contributed by atoms with Gasteiger partial charge in [-0.1, -0.05) is 0 Å². The first kappa shape index (κ1) is 12.3. The summed E-state index contributed by atoms with van der Waals surface area (Å²) >= 11 is 0. The Balaban J connectivity index is 1.93. The third kappa shape index (κ3) is 1.96. The van der Waals surface area contributed by atoms with E-state index in [0.29, 0.717) is 22.8 Å². The zero-order valence-corrected chi connectivity index (χ0v) is 11.4. The van der Waals surface area contributed by atoms with E-state index in [9.17, 15) is 13.8 Å². The molecule has 1 aromatic carbocycles. The van der Waals surface area contributed by atoms with Gasteiger partial charge in [-0.2, -0.15) is 0 Å². The molecule has 19 heavy (non-hydrogen) atoms. The van der Waals surface area contributed by atoms with Crippen molar-refractivity contribution in [3.63, 3.8) is 0 Å². The van der Waals surface area contributed by atoms with Gasteiger partial charge in [0, 0.05) is 48.1 Å². The van der Waals surface area contributed by atoms with Gasteiger partial charge in [0.05, 0.1) is 11.3 Å². The lowest BCUT2D eigenvalue weighted by Crippen LogP contribution is -2.37. The largest absolute Gasteiger partial charge is 0.370 e. The van der Waals surface area contributed by atoms with Crippen LogP contribution in [0.1, 0.15) is 10.4 Å². The summed E-state index contributed by atoms with van der Waals surface area (Å²) in [5, 5.41) is 0. The highest BCUT2D eigenvalue weighted by molar-refractivity contribution is 7.85. The van der Waals surface area contributed by atoms with Crippen molar-refractivity contribution >= 4 is 33.9 Å². The molecule has 0 radical (unpaired) electrons. The summed E-state index contributed by atoms with van der Waals surface area (Å²) < 4.78 is 11.4. The van der Waals surface area contributed by atoms with Crippen molar-refractivity contribution in [3.8, 4) is 0 Å². The number of ketones is 1. The molecule has 0 spiro atoms. The summed E-state index contributed by atoms with van der Waals surface area (Å²) in [5.74, 6) is 0.422. The molecule has 100 valence electrons. The molecule has 1 saturated heterocycles. The van der Waals surface area contributed by atoms with Crippen LogP contribution in [0.2, 0.25) is 0 Å². The van der Waals surface area contributed by atoms with Gasteiger partial charge in [0.2, 0.25) is 0 Å². The van der Waals surface area contributed by atoms with Crippen LogP contribution in [0.4, 0.5) is 11.4 Å². The van der Waals surface area contributed by atoms with Gasteiger partial charge in [-0.05, 0) is 18.2 Å². The molecule has 0 saturated carbocycles. The molecule has 6 heteroatoms. The zero-order valence-electron chi connectivity index (χ0n) is 10.6. The predicted molar refractivity (Wildman–Crippen MR) is 74.3 cm³/mol. The van der Waals surface area contributed by atoms with E-state index in [1.165, 1.54) is 4.90 Å². The first-order valence-electron chi connectivity index (χ1n) is 6.14. The fourth-order valence-corrected chi connectivity index (χ4v) is 3.51. The van der Waals surface area contributed by atoms with Crippen molar-refractivity contribution in [3.05, 3.63) is 23.8 Å². The highest BCUT2D eigenvalue weighted by atomic mass is 32.2. The standard InChI is InChI=1S/C13H14N2O3S/c1-14-11-8-9(15-4-6-19(18)7-5-15)2-3-10(11)12(16)13(14)17/h2-3,8H,4-7H2,1H3. The first-order chi connectivity index (χ1) is 9.08. The summed E-state index contributed by atoms with van der Waals surface area (Å²) in [4.78, 5) is 26.8. The number of hydrogen-bond donors (Lipinski definition) is 0. The van der Waals surface area contributed by atoms with Crippen molar-refractivity contribution in [2.24, 2.45) is 0 Å². The number of fused-ring (bicyclic) bond motifs is 1. The van der Waals surface area contributed by atoms with Crippen LogP contribution < -0.4 is 9.80 Å². The number of carbonyl (C=O) groups is 2. The van der Waals surface area contributed by atoms with Crippen molar-refractivity contribution in [1.82, 2.24) is 0 Å². The number of nitrogens with zero attached hydrogens (tertiary/aromatic N) is 2. The lowest BCUT2D eigenvalue weighted by molar-refractivity contribution is -0.114. The van der Waals surface area contributed by atoms with Crippen LogP contribution in [-0.4, -0.2) is 47.5 Å². The molecule has 2 aliphatic heterocycles. The van der Waals surface area contributed by atoms with Crippen molar-refractivity contribution in [2.45, 2.75) is 0 Å². The Morgan fingerprint density at radius 3 is 2.53 bits per heavy atom. The summed E-state index contributed by atoms with van der Waals surface area (Å²) in [7, 11) is 0.900. The maximum atomic E-state index is 11.7. The summed E-state index contributed by atoms with van der Waals surface area (Å²) in [6, 6.07) is 5.43. The van der Waals surface area contributed by atoms with Gasteiger partial charge in [-0.3, -0.25) is 13.8 Å². The quantitative estimate of drug-likeness (QED) is 0.698. The molecule has 2 heterocycles. The molecular weight excluding hydrogens is 264 g/mol. The minimum atomic E-state index is -0.713. The Kier molecular flexibility index (Phi) is 2.89. The van der Waals surface area contributed by atoms with Gasteiger partial charge in [0.25, 0.3) is 11.7 Å². The van der Waals surface area contributed by atoms with Gasteiger partial charge >= 0.3 is 0 Å². The monoisotopic (exact) mass is 278 g/mol. The number of rotatable bonds is 1. The summed E-state index contributed by atoms with van der Waals surface area (Å²) in [6.07, 6.45) is 0. The molecule has 0 aliphatic carbocycles. The maximum Gasteiger partial charge on any atom is 0.299 e. The van der Waals surface area contributed by atoms with E-state index in [0.717, 1.165) is 18.8 Å². The SMILES string of the molecule is CN1C(=O)C(=O)c2ccc(N3CCS(=O)CC3)cc21. The minimum Gasteiger partial charge on any atom is -0.370 e. The molecule has 0 aromatic heterocycles. The van der Waals surface area contributed by atoms with Crippen molar-refractivity contribution < 1.29 is 13.8 Å². The number of benzene rings is 1. The van der Waals surface area contributed by atoms with E-state index >= 15 is 0 Å². The maximum absolute atomic E-state index is 11.7. The number of Topliss-reactive ketones (excluding diaryl/α,β-unsaturated/α-hetero) is 1. The third-order valence-electron chi connectivity index (χ3n) is 3.63. The second kappa shape index (κ2) is 4.45. The van der Waals surface area contributed by atoms with E-state index in [2.05, 4.69) is 4.90 Å². The van der Waals surface area contributed by atoms with Gasteiger partial charge in [-0.15, -0.1) is 0 Å². The molecule has 0 bridgehead atoms. The number of carbonyl (C=O) groups excluding carboxylic acids is 2. The van der Waals surface area contributed by atoms with E-state index < -0.39 is 22.5 Å². The Labute approximate surface area is 113 Å². The molecule has 1 amide bonds. The van der Waals surface area contributed by atoms with Crippen LogP contribution in [0.25, 0.3) is 0 Å². The third-order valence-corrected chi connectivity index (χ3v) is 4.90. The molecule has 5 nitrogen and oxygen atoms in total. The van der Waals surface area contributed by atoms with Crippen LogP contribution >= 0.6 is 0 Å². The Bertz CT molecular complexity index is 590.